The highest BCUT2D eigenvalue weighted by atomic mass is 32.1. The highest BCUT2D eigenvalue weighted by molar-refractivity contribution is 7.10. The van der Waals surface area contributed by atoms with E-state index in [1.807, 2.05) is 11.3 Å². The van der Waals surface area contributed by atoms with Gasteiger partial charge < -0.3 is 4.74 Å². The number of ether oxygens (including phenoxy) is 1. The predicted molar refractivity (Wildman–Crippen MR) is 128 cm³/mol. The van der Waals surface area contributed by atoms with E-state index in [2.05, 4.69) is 25.3 Å². The summed E-state index contributed by atoms with van der Waals surface area (Å²) in [6.07, 6.45) is 26.8. The van der Waals surface area contributed by atoms with Gasteiger partial charge in [-0.25, -0.2) is 0 Å². The highest BCUT2D eigenvalue weighted by Gasteiger charge is 2.02. The summed E-state index contributed by atoms with van der Waals surface area (Å²) in [5.74, 6) is 1.12. The minimum Gasteiger partial charge on any atom is -0.492 e. The summed E-state index contributed by atoms with van der Waals surface area (Å²) < 4.78 is 5.91. The van der Waals surface area contributed by atoms with Gasteiger partial charge in [0.1, 0.15) is 5.75 Å². The second-order valence-electron chi connectivity index (χ2n) is 8.42. The SMILES string of the molecule is CCCCCCCCCCCCCCCCCCCCOc1ccsc1CC. The first kappa shape index (κ1) is 25.5. The Morgan fingerprint density at radius 3 is 1.46 bits per heavy atom. The van der Waals surface area contributed by atoms with Crippen LogP contribution in [0.4, 0.5) is 0 Å². The molecule has 0 aliphatic rings. The molecule has 1 rings (SSSR count). The number of rotatable bonds is 21. The molecule has 0 spiro atoms. The van der Waals surface area contributed by atoms with Crippen LogP contribution in [0.3, 0.4) is 0 Å². The van der Waals surface area contributed by atoms with Gasteiger partial charge in [0.05, 0.1) is 6.61 Å². The maximum atomic E-state index is 5.91. The first-order chi connectivity index (χ1) is 13.9. The zero-order valence-electron chi connectivity index (χ0n) is 19.1. The van der Waals surface area contributed by atoms with Gasteiger partial charge in [0.25, 0.3) is 0 Å². The Morgan fingerprint density at radius 2 is 1.04 bits per heavy atom. The molecule has 0 N–H and O–H groups in total. The Balaban J connectivity index is 1.71. The molecule has 0 amide bonds. The number of unbranched alkanes of at least 4 members (excludes halogenated alkanes) is 17. The smallest absolute Gasteiger partial charge is 0.133 e. The molecule has 0 saturated heterocycles. The lowest BCUT2D eigenvalue weighted by atomic mass is 10.0. The average molecular weight is 409 g/mol. The van der Waals surface area contributed by atoms with E-state index in [0.29, 0.717) is 0 Å². The van der Waals surface area contributed by atoms with Crippen LogP contribution in [0.5, 0.6) is 5.75 Å². The molecule has 0 unspecified atom stereocenters. The topological polar surface area (TPSA) is 9.23 Å². The minimum absolute atomic E-state index is 0.891. The van der Waals surface area contributed by atoms with Gasteiger partial charge in [-0.05, 0) is 24.3 Å². The molecule has 0 aromatic carbocycles. The van der Waals surface area contributed by atoms with Gasteiger partial charge in [-0.3, -0.25) is 0 Å². The van der Waals surface area contributed by atoms with Crippen LogP contribution in [0.1, 0.15) is 134 Å². The van der Waals surface area contributed by atoms with Crippen LogP contribution in [0.25, 0.3) is 0 Å². The third-order valence-corrected chi connectivity index (χ3v) is 6.83. The molecular formula is C26H48OS. The number of hydrogen-bond acceptors (Lipinski definition) is 2. The fourth-order valence-corrected chi connectivity index (χ4v) is 4.67. The molecule has 0 aliphatic heterocycles. The van der Waals surface area contributed by atoms with Crippen LogP contribution in [0.2, 0.25) is 0 Å². The standard InChI is InChI=1S/C26H48OS/c1-3-5-6-7-8-9-10-11-12-13-14-15-16-17-18-19-20-21-23-27-25-22-24-28-26(25)4-2/h22,24H,3-21,23H2,1-2H3. The quantitative estimate of drug-likeness (QED) is 0.184. The van der Waals surface area contributed by atoms with Gasteiger partial charge in [0.2, 0.25) is 0 Å². The van der Waals surface area contributed by atoms with E-state index in [1.54, 1.807) is 0 Å². The third kappa shape index (κ3) is 14.5. The van der Waals surface area contributed by atoms with Crippen LogP contribution in [-0.2, 0) is 6.42 Å². The van der Waals surface area contributed by atoms with Crippen LogP contribution >= 0.6 is 11.3 Å². The van der Waals surface area contributed by atoms with Gasteiger partial charge in [-0.15, -0.1) is 11.3 Å². The normalized spacial score (nSPS) is 11.2. The number of aryl methyl sites for hydroxylation is 1. The van der Waals surface area contributed by atoms with E-state index in [1.165, 1.54) is 120 Å². The summed E-state index contributed by atoms with van der Waals surface area (Å²) in [5.41, 5.74) is 0. The molecule has 0 atom stereocenters. The van der Waals surface area contributed by atoms with Crippen LogP contribution < -0.4 is 4.74 Å². The Labute approximate surface area is 180 Å². The van der Waals surface area contributed by atoms with Gasteiger partial charge in [-0.2, -0.15) is 0 Å². The average Bonchev–Trinajstić information content (AvgIpc) is 3.17. The van der Waals surface area contributed by atoms with Crippen molar-refractivity contribution in [2.24, 2.45) is 0 Å². The zero-order valence-corrected chi connectivity index (χ0v) is 19.9. The van der Waals surface area contributed by atoms with E-state index >= 15 is 0 Å². The fourth-order valence-electron chi connectivity index (χ4n) is 3.90. The minimum atomic E-state index is 0.891. The Bertz CT molecular complexity index is 426. The molecule has 1 aromatic rings. The summed E-state index contributed by atoms with van der Waals surface area (Å²) >= 11 is 1.82. The number of thiophene rings is 1. The van der Waals surface area contributed by atoms with Crippen molar-refractivity contribution >= 4 is 11.3 Å². The molecule has 0 bridgehead atoms. The van der Waals surface area contributed by atoms with Crippen LogP contribution in [-0.4, -0.2) is 6.61 Å². The van der Waals surface area contributed by atoms with Crippen molar-refractivity contribution in [3.05, 3.63) is 16.3 Å². The molecule has 0 aliphatic carbocycles. The van der Waals surface area contributed by atoms with Gasteiger partial charge in [-0.1, -0.05) is 123 Å². The summed E-state index contributed by atoms with van der Waals surface area (Å²) in [6, 6.07) is 2.12. The van der Waals surface area contributed by atoms with E-state index in [9.17, 15) is 0 Å². The van der Waals surface area contributed by atoms with Crippen molar-refractivity contribution < 1.29 is 4.74 Å². The predicted octanol–water partition coefficient (Wildman–Crippen LogP) is 9.73. The van der Waals surface area contributed by atoms with E-state index in [0.717, 1.165) is 18.8 Å². The van der Waals surface area contributed by atoms with Crippen molar-refractivity contribution in [1.82, 2.24) is 0 Å². The Hall–Kier alpha value is -0.500. The molecule has 1 heterocycles. The van der Waals surface area contributed by atoms with Gasteiger partial charge >= 0.3 is 0 Å². The largest absolute Gasteiger partial charge is 0.492 e. The lowest BCUT2D eigenvalue weighted by Gasteiger charge is -2.06. The lowest BCUT2D eigenvalue weighted by Crippen LogP contribution is -1.97. The molecule has 164 valence electrons. The van der Waals surface area contributed by atoms with Crippen molar-refractivity contribution in [1.29, 1.82) is 0 Å². The fraction of sp³-hybridized carbons (Fsp3) is 0.846. The molecular weight excluding hydrogens is 360 g/mol. The highest BCUT2D eigenvalue weighted by Crippen LogP contribution is 2.25. The van der Waals surface area contributed by atoms with E-state index in [-0.39, 0.29) is 0 Å². The van der Waals surface area contributed by atoms with Crippen molar-refractivity contribution in [2.75, 3.05) is 6.61 Å². The summed E-state index contributed by atoms with van der Waals surface area (Å²) in [7, 11) is 0. The summed E-state index contributed by atoms with van der Waals surface area (Å²) in [4.78, 5) is 1.39. The Morgan fingerprint density at radius 1 is 0.607 bits per heavy atom. The van der Waals surface area contributed by atoms with Crippen molar-refractivity contribution in [2.45, 2.75) is 136 Å². The molecule has 0 radical (unpaired) electrons. The molecule has 1 nitrogen and oxygen atoms in total. The Kier molecular flexibility index (Phi) is 18.1. The van der Waals surface area contributed by atoms with Crippen molar-refractivity contribution in [3.8, 4) is 5.75 Å². The van der Waals surface area contributed by atoms with Gasteiger partial charge in [0, 0.05) is 4.88 Å². The maximum Gasteiger partial charge on any atom is 0.133 e. The second-order valence-corrected chi connectivity index (χ2v) is 9.42. The first-order valence-corrected chi connectivity index (χ1v) is 13.5. The molecule has 28 heavy (non-hydrogen) atoms. The first-order valence-electron chi connectivity index (χ1n) is 12.6. The monoisotopic (exact) mass is 408 g/mol. The van der Waals surface area contributed by atoms with Gasteiger partial charge in [0.15, 0.2) is 0 Å². The summed E-state index contributed by atoms with van der Waals surface area (Å²) in [6.45, 7) is 5.39. The molecule has 2 heteroatoms. The van der Waals surface area contributed by atoms with Crippen LogP contribution in [0.15, 0.2) is 11.4 Å². The molecule has 1 aromatic heterocycles. The summed E-state index contributed by atoms with van der Waals surface area (Å²) in [5, 5.41) is 2.14. The van der Waals surface area contributed by atoms with E-state index in [4.69, 9.17) is 4.74 Å². The van der Waals surface area contributed by atoms with Crippen molar-refractivity contribution in [3.63, 3.8) is 0 Å². The zero-order chi connectivity index (χ0) is 20.1. The van der Waals surface area contributed by atoms with E-state index < -0.39 is 0 Å². The maximum absolute atomic E-state index is 5.91. The van der Waals surface area contributed by atoms with Crippen LogP contribution in [0, 0.1) is 0 Å². The third-order valence-electron chi connectivity index (χ3n) is 5.78. The second kappa shape index (κ2) is 19.8. The number of hydrogen-bond donors (Lipinski definition) is 0. The lowest BCUT2D eigenvalue weighted by molar-refractivity contribution is 0.303. The molecule has 0 saturated carbocycles. The molecule has 0 fully saturated rings.